The quantitative estimate of drug-likeness (QED) is 0.478. The highest BCUT2D eigenvalue weighted by atomic mass is 16.6. The number of ether oxygens (including phenoxy) is 2. The highest BCUT2D eigenvalue weighted by molar-refractivity contribution is 5.89. The second-order valence-corrected chi connectivity index (χ2v) is 7.53. The minimum absolute atomic E-state index is 0.585. The molecule has 0 aliphatic carbocycles. The van der Waals surface area contributed by atoms with E-state index in [0.717, 1.165) is 54.0 Å². The van der Waals surface area contributed by atoms with Crippen LogP contribution in [0.1, 0.15) is 23.2 Å². The topological polar surface area (TPSA) is 59.2 Å². The summed E-state index contributed by atoms with van der Waals surface area (Å²) in [5.74, 6) is 1.63. The molecule has 148 valence electrons. The molecular formula is C24H25N3O2. The molecule has 0 saturated carbocycles. The van der Waals surface area contributed by atoms with E-state index in [1.165, 1.54) is 22.0 Å². The molecule has 4 aromatic rings. The minimum atomic E-state index is 0.585. The Morgan fingerprint density at radius 2 is 1.93 bits per heavy atom. The Morgan fingerprint density at radius 1 is 1.03 bits per heavy atom. The first-order valence-corrected chi connectivity index (χ1v) is 10.2. The van der Waals surface area contributed by atoms with Gasteiger partial charge in [-0.3, -0.25) is 4.98 Å². The van der Waals surface area contributed by atoms with E-state index < -0.39 is 0 Å². The summed E-state index contributed by atoms with van der Waals surface area (Å²) in [5.41, 5.74) is 5.80. The van der Waals surface area contributed by atoms with Gasteiger partial charge in [0, 0.05) is 34.7 Å². The first kappa shape index (κ1) is 18.0. The van der Waals surface area contributed by atoms with Gasteiger partial charge >= 0.3 is 0 Å². The second kappa shape index (κ2) is 7.76. The van der Waals surface area contributed by atoms with Crippen LogP contribution in [0.5, 0.6) is 11.5 Å². The number of hydrogen-bond acceptors (Lipinski definition) is 4. The molecule has 29 heavy (non-hydrogen) atoms. The van der Waals surface area contributed by atoms with Gasteiger partial charge in [0.05, 0.1) is 5.52 Å². The highest BCUT2D eigenvalue weighted by Crippen LogP contribution is 2.37. The van der Waals surface area contributed by atoms with Crippen LogP contribution >= 0.6 is 0 Å². The molecule has 5 nitrogen and oxygen atoms in total. The van der Waals surface area contributed by atoms with Gasteiger partial charge in [-0.1, -0.05) is 18.2 Å². The zero-order valence-electron chi connectivity index (χ0n) is 16.6. The van der Waals surface area contributed by atoms with Gasteiger partial charge < -0.3 is 19.8 Å². The number of para-hydroxylation sites is 1. The van der Waals surface area contributed by atoms with Crippen molar-refractivity contribution in [1.29, 1.82) is 0 Å². The molecule has 0 fully saturated rings. The maximum Gasteiger partial charge on any atom is 0.170 e. The molecule has 5 heteroatoms. The maximum absolute atomic E-state index is 5.86. The van der Waals surface area contributed by atoms with Crippen molar-refractivity contribution in [3.8, 4) is 11.5 Å². The van der Waals surface area contributed by atoms with E-state index in [1.807, 2.05) is 12.1 Å². The number of fused-ring (bicyclic) bond motifs is 4. The lowest BCUT2D eigenvalue weighted by Gasteiger charge is -2.20. The predicted molar refractivity (Wildman–Crippen MR) is 116 cm³/mol. The molecule has 0 bridgehead atoms. The van der Waals surface area contributed by atoms with Crippen LogP contribution in [0.2, 0.25) is 0 Å². The SMILES string of the molecule is Cc1nc2ccc3c(c2cc1CNCCCc1c[nH]c2ccccc12)OCCO3. The number of nitrogens with zero attached hydrogens (tertiary/aromatic N) is 1. The molecule has 0 unspecified atom stereocenters. The number of nitrogens with one attached hydrogen (secondary N) is 2. The van der Waals surface area contributed by atoms with Gasteiger partial charge in [0.2, 0.25) is 0 Å². The van der Waals surface area contributed by atoms with Crippen molar-refractivity contribution in [3.05, 3.63) is 65.5 Å². The standard InChI is InChI=1S/C24H25N3O2/c1-16-18(13-20-22(27-16)8-9-23-24(20)29-12-11-28-23)14-25-10-4-5-17-15-26-21-7-3-2-6-19(17)21/h2-3,6-9,13,15,25-26H,4-5,10-12,14H2,1H3. The van der Waals surface area contributed by atoms with Crippen LogP contribution in [0.4, 0.5) is 0 Å². The number of rotatable bonds is 6. The summed E-state index contributed by atoms with van der Waals surface area (Å²) in [5, 5.41) is 5.93. The zero-order chi connectivity index (χ0) is 19.6. The van der Waals surface area contributed by atoms with Crippen LogP contribution in [0.25, 0.3) is 21.8 Å². The van der Waals surface area contributed by atoms with Crippen molar-refractivity contribution in [1.82, 2.24) is 15.3 Å². The van der Waals surface area contributed by atoms with Gasteiger partial charge in [-0.15, -0.1) is 0 Å². The fourth-order valence-electron chi connectivity index (χ4n) is 4.04. The minimum Gasteiger partial charge on any atom is -0.486 e. The predicted octanol–water partition coefficient (Wildman–Crippen LogP) is 4.52. The Hall–Kier alpha value is -3.05. The van der Waals surface area contributed by atoms with E-state index in [4.69, 9.17) is 14.5 Å². The third-order valence-corrected chi connectivity index (χ3v) is 5.59. The van der Waals surface area contributed by atoms with Crippen molar-refractivity contribution in [2.24, 2.45) is 0 Å². The Balaban J connectivity index is 1.24. The number of H-pyrrole nitrogens is 1. The normalized spacial score (nSPS) is 13.3. The monoisotopic (exact) mass is 387 g/mol. The summed E-state index contributed by atoms with van der Waals surface area (Å²) in [7, 11) is 0. The van der Waals surface area contributed by atoms with Gasteiger partial charge in [0.25, 0.3) is 0 Å². The average Bonchev–Trinajstić information content (AvgIpc) is 3.17. The largest absolute Gasteiger partial charge is 0.486 e. The fraction of sp³-hybridized carbons (Fsp3) is 0.292. The first-order chi connectivity index (χ1) is 14.3. The van der Waals surface area contributed by atoms with E-state index in [9.17, 15) is 0 Å². The van der Waals surface area contributed by atoms with E-state index in [1.54, 1.807) is 0 Å². The van der Waals surface area contributed by atoms with Crippen LogP contribution in [-0.4, -0.2) is 29.7 Å². The Bertz CT molecular complexity index is 1170. The Labute approximate surface area is 170 Å². The lowest BCUT2D eigenvalue weighted by atomic mass is 10.1. The molecule has 2 aromatic heterocycles. The molecule has 0 saturated heterocycles. The number of pyridine rings is 1. The number of aromatic amines is 1. The Morgan fingerprint density at radius 3 is 2.90 bits per heavy atom. The molecule has 0 spiro atoms. The van der Waals surface area contributed by atoms with E-state index in [2.05, 4.69) is 53.8 Å². The van der Waals surface area contributed by atoms with Crippen molar-refractivity contribution >= 4 is 21.8 Å². The zero-order valence-corrected chi connectivity index (χ0v) is 16.6. The van der Waals surface area contributed by atoms with Gasteiger partial charge in [0.15, 0.2) is 11.5 Å². The van der Waals surface area contributed by atoms with Crippen molar-refractivity contribution in [2.75, 3.05) is 19.8 Å². The third kappa shape index (κ3) is 3.54. The molecule has 3 heterocycles. The Kier molecular flexibility index (Phi) is 4.82. The summed E-state index contributed by atoms with van der Waals surface area (Å²) in [6, 6.07) is 14.6. The van der Waals surface area contributed by atoms with Crippen LogP contribution in [-0.2, 0) is 13.0 Å². The maximum atomic E-state index is 5.86. The van der Waals surface area contributed by atoms with Gasteiger partial charge in [-0.05, 0) is 61.7 Å². The molecule has 0 amide bonds. The second-order valence-electron chi connectivity index (χ2n) is 7.53. The summed E-state index contributed by atoms with van der Waals surface area (Å²) < 4.78 is 11.6. The van der Waals surface area contributed by atoms with E-state index in [-0.39, 0.29) is 0 Å². The molecule has 2 aromatic carbocycles. The average molecular weight is 387 g/mol. The fourth-order valence-corrected chi connectivity index (χ4v) is 4.04. The molecular weight excluding hydrogens is 362 g/mol. The molecule has 1 aliphatic heterocycles. The van der Waals surface area contributed by atoms with Gasteiger partial charge in [0.1, 0.15) is 13.2 Å². The summed E-state index contributed by atoms with van der Waals surface area (Å²) in [6.45, 7) is 5.01. The molecule has 2 N–H and O–H groups in total. The first-order valence-electron chi connectivity index (χ1n) is 10.2. The highest BCUT2D eigenvalue weighted by Gasteiger charge is 2.16. The van der Waals surface area contributed by atoms with Crippen LogP contribution in [0.3, 0.4) is 0 Å². The van der Waals surface area contributed by atoms with E-state index in [0.29, 0.717) is 13.2 Å². The third-order valence-electron chi connectivity index (χ3n) is 5.59. The lowest BCUT2D eigenvalue weighted by molar-refractivity contribution is 0.174. The summed E-state index contributed by atoms with van der Waals surface area (Å²) in [4.78, 5) is 8.13. The van der Waals surface area contributed by atoms with Crippen LogP contribution in [0, 0.1) is 6.92 Å². The molecule has 0 radical (unpaired) electrons. The van der Waals surface area contributed by atoms with Crippen LogP contribution < -0.4 is 14.8 Å². The summed E-state index contributed by atoms with van der Waals surface area (Å²) >= 11 is 0. The summed E-state index contributed by atoms with van der Waals surface area (Å²) in [6.07, 6.45) is 4.28. The molecule has 5 rings (SSSR count). The van der Waals surface area contributed by atoms with Gasteiger partial charge in [-0.2, -0.15) is 0 Å². The molecule has 0 atom stereocenters. The molecule has 1 aliphatic rings. The van der Waals surface area contributed by atoms with Crippen molar-refractivity contribution in [2.45, 2.75) is 26.3 Å². The lowest BCUT2D eigenvalue weighted by Crippen LogP contribution is -2.17. The number of hydrogen-bond donors (Lipinski definition) is 2. The number of aryl methyl sites for hydroxylation is 2. The van der Waals surface area contributed by atoms with Crippen LogP contribution in [0.15, 0.2) is 48.7 Å². The van der Waals surface area contributed by atoms with Crippen molar-refractivity contribution < 1.29 is 9.47 Å². The number of benzene rings is 2. The van der Waals surface area contributed by atoms with Gasteiger partial charge in [-0.25, -0.2) is 0 Å². The number of aromatic nitrogens is 2. The smallest absolute Gasteiger partial charge is 0.170 e. The van der Waals surface area contributed by atoms with E-state index >= 15 is 0 Å². The van der Waals surface area contributed by atoms with Crippen molar-refractivity contribution in [3.63, 3.8) is 0 Å².